The minimum atomic E-state index is -0.149. The molecule has 4 aliphatic heterocycles. The Hall–Kier alpha value is -1.10. The largest absolute Gasteiger partial charge is 0.497 e. The molecule has 4 heterocycles. The predicted octanol–water partition coefficient (Wildman–Crippen LogP) is 3.27. The molecule has 4 bridgehead atoms. The topological polar surface area (TPSA) is 35.9 Å². The minimum Gasteiger partial charge on any atom is -0.497 e. The number of rotatable bonds is 6. The summed E-state index contributed by atoms with van der Waals surface area (Å²) in [6.07, 6.45) is 4.75. The van der Waals surface area contributed by atoms with Gasteiger partial charge in [0.25, 0.3) is 0 Å². The zero-order valence-electron chi connectivity index (χ0n) is 15.9. The lowest BCUT2D eigenvalue weighted by atomic mass is 9.56. The Morgan fingerprint density at radius 2 is 1.44 bits per heavy atom. The Bertz CT molecular complexity index is 573. The Kier molecular flexibility index (Phi) is 4.33. The van der Waals surface area contributed by atoms with E-state index in [2.05, 4.69) is 47.9 Å². The maximum Gasteiger partial charge on any atom is 0.118 e. The third-order valence-electron chi connectivity index (χ3n) is 6.83. The number of nitrogens with zero attached hydrogens (tertiary/aromatic N) is 2. The molecule has 138 valence electrons. The molecular formula is C21H32N2O2. The van der Waals surface area contributed by atoms with Crippen molar-refractivity contribution in [2.75, 3.05) is 33.3 Å². The van der Waals surface area contributed by atoms with Gasteiger partial charge in [0.1, 0.15) is 5.75 Å². The van der Waals surface area contributed by atoms with E-state index in [1.54, 1.807) is 7.11 Å². The Labute approximate surface area is 151 Å². The van der Waals surface area contributed by atoms with Gasteiger partial charge in [-0.1, -0.05) is 38.8 Å². The van der Waals surface area contributed by atoms with E-state index in [0.29, 0.717) is 6.17 Å². The zero-order valence-corrected chi connectivity index (χ0v) is 15.9. The molecule has 4 fully saturated rings. The number of ether oxygens (including phenoxy) is 1. The maximum absolute atomic E-state index is 11.3. The summed E-state index contributed by atoms with van der Waals surface area (Å²) in [4.78, 5) is 5.29. The van der Waals surface area contributed by atoms with Gasteiger partial charge in [0.15, 0.2) is 0 Å². The van der Waals surface area contributed by atoms with Gasteiger partial charge in [-0.05, 0) is 30.5 Å². The second-order valence-electron chi connectivity index (χ2n) is 8.58. The number of aliphatic hydroxyl groups excluding tert-OH is 1. The second-order valence-corrected chi connectivity index (χ2v) is 8.58. The predicted molar refractivity (Wildman–Crippen MR) is 99.6 cm³/mol. The van der Waals surface area contributed by atoms with E-state index in [1.807, 2.05) is 0 Å². The summed E-state index contributed by atoms with van der Waals surface area (Å²) in [6, 6.07) is 8.56. The molecule has 1 aromatic rings. The van der Waals surface area contributed by atoms with Crippen LogP contribution in [-0.4, -0.2) is 54.3 Å². The molecule has 4 aliphatic rings. The van der Waals surface area contributed by atoms with E-state index in [-0.39, 0.29) is 16.9 Å². The standard InChI is InChI=1S/C21H32N2O2/c1-4-10-20-12-22-14-21(11-5-2,19(20)24)15-23(13-20)18(22)16-6-8-17(25-3)9-7-16/h6-9,18-19,24H,4-5,10-15H2,1-3H3. The lowest BCUT2D eigenvalue weighted by molar-refractivity contribution is -0.268. The molecule has 0 atom stereocenters. The zero-order chi connectivity index (χ0) is 17.7. The summed E-state index contributed by atoms with van der Waals surface area (Å²) in [5.74, 6) is 0.915. The smallest absolute Gasteiger partial charge is 0.118 e. The fourth-order valence-corrected chi connectivity index (χ4v) is 6.19. The van der Waals surface area contributed by atoms with Crippen LogP contribution in [0.5, 0.6) is 5.75 Å². The highest BCUT2D eigenvalue weighted by molar-refractivity contribution is 5.31. The first-order chi connectivity index (χ1) is 12.1. The molecule has 0 aliphatic carbocycles. The Balaban J connectivity index is 1.68. The number of hydrogen-bond acceptors (Lipinski definition) is 4. The fraction of sp³-hybridized carbons (Fsp3) is 0.714. The van der Waals surface area contributed by atoms with Gasteiger partial charge in [0.2, 0.25) is 0 Å². The van der Waals surface area contributed by atoms with Gasteiger partial charge in [-0.3, -0.25) is 9.80 Å². The molecule has 1 N–H and O–H groups in total. The Morgan fingerprint density at radius 3 is 1.84 bits per heavy atom. The third-order valence-corrected chi connectivity index (χ3v) is 6.83. The second kappa shape index (κ2) is 6.26. The lowest BCUT2D eigenvalue weighted by Gasteiger charge is -2.70. The van der Waals surface area contributed by atoms with Crippen molar-refractivity contribution < 1.29 is 9.84 Å². The van der Waals surface area contributed by atoms with Gasteiger partial charge in [-0.25, -0.2) is 0 Å². The molecule has 4 nitrogen and oxygen atoms in total. The molecule has 0 amide bonds. The third kappa shape index (κ3) is 2.53. The van der Waals surface area contributed by atoms with Crippen LogP contribution in [0, 0.1) is 10.8 Å². The van der Waals surface area contributed by atoms with Crippen molar-refractivity contribution in [1.82, 2.24) is 9.80 Å². The number of piperidine rings is 2. The fourth-order valence-electron chi connectivity index (χ4n) is 6.19. The molecule has 4 saturated heterocycles. The number of benzene rings is 1. The lowest BCUT2D eigenvalue weighted by Crippen LogP contribution is -2.78. The average Bonchev–Trinajstić information content (AvgIpc) is 2.60. The minimum absolute atomic E-state index is 0.0589. The average molecular weight is 344 g/mol. The van der Waals surface area contributed by atoms with E-state index in [9.17, 15) is 5.11 Å². The van der Waals surface area contributed by atoms with Crippen LogP contribution in [-0.2, 0) is 0 Å². The summed E-state index contributed by atoms with van der Waals surface area (Å²) < 4.78 is 5.32. The van der Waals surface area contributed by atoms with Crippen molar-refractivity contribution in [3.8, 4) is 5.75 Å². The van der Waals surface area contributed by atoms with Crippen LogP contribution in [0.4, 0.5) is 0 Å². The highest BCUT2D eigenvalue weighted by Gasteiger charge is 2.64. The van der Waals surface area contributed by atoms with Gasteiger partial charge in [0, 0.05) is 37.0 Å². The van der Waals surface area contributed by atoms with Gasteiger partial charge >= 0.3 is 0 Å². The van der Waals surface area contributed by atoms with Crippen molar-refractivity contribution in [1.29, 1.82) is 0 Å². The van der Waals surface area contributed by atoms with E-state index in [0.717, 1.165) is 57.6 Å². The van der Waals surface area contributed by atoms with E-state index < -0.39 is 0 Å². The summed E-state index contributed by atoms with van der Waals surface area (Å²) in [6.45, 7) is 8.62. The molecule has 1 aromatic carbocycles. The van der Waals surface area contributed by atoms with Crippen molar-refractivity contribution in [2.24, 2.45) is 10.8 Å². The van der Waals surface area contributed by atoms with Crippen LogP contribution >= 0.6 is 0 Å². The normalized spacial score (nSPS) is 41.9. The van der Waals surface area contributed by atoms with E-state index >= 15 is 0 Å². The van der Waals surface area contributed by atoms with Crippen LogP contribution in [0.1, 0.15) is 51.3 Å². The first-order valence-corrected chi connectivity index (χ1v) is 9.87. The highest BCUT2D eigenvalue weighted by Crippen LogP contribution is 2.57. The molecular weight excluding hydrogens is 312 g/mol. The molecule has 25 heavy (non-hydrogen) atoms. The van der Waals surface area contributed by atoms with Crippen LogP contribution in [0.2, 0.25) is 0 Å². The van der Waals surface area contributed by atoms with Crippen LogP contribution in [0.15, 0.2) is 24.3 Å². The summed E-state index contributed by atoms with van der Waals surface area (Å²) in [5.41, 5.74) is 1.47. The van der Waals surface area contributed by atoms with Gasteiger partial charge < -0.3 is 9.84 Å². The molecule has 0 spiro atoms. The van der Waals surface area contributed by atoms with Crippen LogP contribution in [0.3, 0.4) is 0 Å². The van der Waals surface area contributed by atoms with Crippen molar-refractivity contribution in [2.45, 2.75) is 51.8 Å². The summed E-state index contributed by atoms with van der Waals surface area (Å²) in [7, 11) is 1.72. The van der Waals surface area contributed by atoms with Crippen LogP contribution < -0.4 is 4.74 Å². The van der Waals surface area contributed by atoms with Crippen molar-refractivity contribution in [3.63, 3.8) is 0 Å². The van der Waals surface area contributed by atoms with Crippen molar-refractivity contribution >= 4 is 0 Å². The number of hydrogen-bond donors (Lipinski definition) is 1. The maximum atomic E-state index is 11.3. The summed E-state index contributed by atoms with van der Waals surface area (Å²) >= 11 is 0. The number of methoxy groups -OCH3 is 1. The highest BCUT2D eigenvalue weighted by atomic mass is 16.5. The molecule has 0 unspecified atom stereocenters. The first-order valence-electron chi connectivity index (χ1n) is 9.87. The number of aliphatic hydroxyl groups is 1. The SMILES string of the molecule is CCCC12CN3CC(CCC)(CN(C1)C3c1ccc(OC)cc1)C2O. The van der Waals surface area contributed by atoms with E-state index in [4.69, 9.17) is 4.74 Å². The molecule has 0 saturated carbocycles. The van der Waals surface area contributed by atoms with Gasteiger partial charge in [-0.2, -0.15) is 0 Å². The summed E-state index contributed by atoms with van der Waals surface area (Å²) in [5, 5.41) is 11.3. The van der Waals surface area contributed by atoms with Crippen LogP contribution in [0.25, 0.3) is 0 Å². The van der Waals surface area contributed by atoms with E-state index in [1.165, 1.54) is 5.56 Å². The molecule has 5 rings (SSSR count). The Morgan fingerprint density at radius 1 is 0.960 bits per heavy atom. The quantitative estimate of drug-likeness (QED) is 0.859. The molecule has 4 heteroatoms. The monoisotopic (exact) mass is 344 g/mol. The molecule has 0 radical (unpaired) electrons. The van der Waals surface area contributed by atoms with Gasteiger partial charge in [-0.15, -0.1) is 0 Å². The molecule has 0 aromatic heterocycles. The van der Waals surface area contributed by atoms with Crippen molar-refractivity contribution in [3.05, 3.63) is 29.8 Å². The van der Waals surface area contributed by atoms with Gasteiger partial charge in [0.05, 0.1) is 19.4 Å². The first kappa shape index (κ1) is 17.3.